The molecule has 1 heterocycles. The first-order chi connectivity index (χ1) is 12.0. The molecule has 138 valence electrons. The lowest BCUT2D eigenvalue weighted by Gasteiger charge is -2.35. The van der Waals surface area contributed by atoms with Gasteiger partial charge in [-0.2, -0.15) is 0 Å². The van der Waals surface area contributed by atoms with Gasteiger partial charge in [-0.3, -0.25) is 4.90 Å². The highest BCUT2D eigenvalue weighted by Gasteiger charge is 2.44. The van der Waals surface area contributed by atoms with Gasteiger partial charge in [-0.1, -0.05) is 12.1 Å². The Balaban J connectivity index is 1.49. The van der Waals surface area contributed by atoms with Crippen molar-refractivity contribution in [3.05, 3.63) is 29.8 Å². The summed E-state index contributed by atoms with van der Waals surface area (Å²) in [6, 6.07) is 8.18. The van der Waals surface area contributed by atoms with Gasteiger partial charge in [-0.25, -0.2) is 4.79 Å². The minimum absolute atomic E-state index is 0.0193. The van der Waals surface area contributed by atoms with E-state index >= 15 is 0 Å². The average Bonchev–Trinajstić information content (AvgIpc) is 3.41. The van der Waals surface area contributed by atoms with Crippen LogP contribution in [0.15, 0.2) is 24.3 Å². The summed E-state index contributed by atoms with van der Waals surface area (Å²) in [4.78, 5) is 16.6. The van der Waals surface area contributed by atoms with Gasteiger partial charge in [0.25, 0.3) is 0 Å². The zero-order valence-corrected chi connectivity index (χ0v) is 15.2. The van der Waals surface area contributed by atoms with Gasteiger partial charge >= 0.3 is 6.03 Å². The van der Waals surface area contributed by atoms with Crippen LogP contribution in [0.25, 0.3) is 0 Å². The maximum atomic E-state index is 12.5. The van der Waals surface area contributed by atoms with Crippen molar-refractivity contribution in [1.82, 2.24) is 15.1 Å². The predicted octanol–water partition coefficient (Wildman–Crippen LogP) is 1.43. The molecular weight excluding hydrogens is 318 g/mol. The first-order valence-corrected chi connectivity index (χ1v) is 9.10. The van der Waals surface area contributed by atoms with Crippen molar-refractivity contribution in [1.29, 1.82) is 0 Å². The van der Waals surface area contributed by atoms with E-state index in [0.717, 1.165) is 31.7 Å². The molecule has 1 atom stereocenters. The maximum absolute atomic E-state index is 12.5. The SMILES string of the molecule is COc1cccc(C2(CNC(=O)N3CCN(C[C@H](C)O)CC3)CC2)c1. The first-order valence-electron chi connectivity index (χ1n) is 9.10. The fourth-order valence-electron chi connectivity index (χ4n) is 3.54. The first kappa shape index (κ1) is 18.0. The quantitative estimate of drug-likeness (QED) is 0.817. The standard InChI is InChI=1S/C19H29N3O3/c1-15(23)13-21-8-10-22(11-9-21)18(24)20-14-19(6-7-19)16-4-3-5-17(12-16)25-2/h3-5,12,15,23H,6-11,13-14H2,1-2H3,(H,20,24)/t15-/m0/s1. The summed E-state index contributed by atoms with van der Waals surface area (Å²) in [5.74, 6) is 0.865. The van der Waals surface area contributed by atoms with E-state index < -0.39 is 0 Å². The summed E-state index contributed by atoms with van der Waals surface area (Å²) in [6.07, 6.45) is 1.88. The molecule has 6 nitrogen and oxygen atoms in total. The molecule has 0 aromatic heterocycles. The molecular formula is C19H29N3O3. The second kappa shape index (κ2) is 7.62. The van der Waals surface area contributed by atoms with E-state index in [0.29, 0.717) is 26.2 Å². The van der Waals surface area contributed by atoms with Crippen molar-refractivity contribution in [2.75, 3.05) is 46.4 Å². The van der Waals surface area contributed by atoms with Crippen LogP contribution in [0.5, 0.6) is 5.75 Å². The summed E-state index contributed by atoms with van der Waals surface area (Å²) in [7, 11) is 1.68. The van der Waals surface area contributed by atoms with Crippen LogP contribution in [0.3, 0.4) is 0 Å². The summed E-state index contributed by atoms with van der Waals surface area (Å²) < 4.78 is 5.32. The fraction of sp³-hybridized carbons (Fsp3) is 0.632. The zero-order chi connectivity index (χ0) is 17.9. The third-order valence-corrected chi connectivity index (χ3v) is 5.30. The number of amides is 2. The highest BCUT2D eigenvalue weighted by atomic mass is 16.5. The minimum atomic E-state index is -0.321. The van der Waals surface area contributed by atoms with Crippen molar-refractivity contribution in [2.24, 2.45) is 0 Å². The van der Waals surface area contributed by atoms with Gasteiger partial charge in [0, 0.05) is 44.7 Å². The number of benzene rings is 1. The monoisotopic (exact) mass is 347 g/mol. The molecule has 2 fully saturated rings. The molecule has 1 aromatic rings. The molecule has 1 aliphatic carbocycles. The predicted molar refractivity (Wildman–Crippen MR) is 97.0 cm³/mol. The number of nitrogens with zero attached hydrogens (tertiary/aromatic N) is 2. The Morgan fingerprint density at radius 1 is 1.32 bits per heavy atom. The number of rotatable bonds is 6. The third-order valence-electron chi connectivity index (χ3n) is 5.30. The van der Waals surface area contributed by atoms with Crippen molar-refractivity contribution in [3.8, 4) is 5.75 Å². The molecule has 2 N–H and O–H groups in total. The molecule has 0 bridgehead atoms. The molecule has 0 unspecified atom stereocenters. The van der Waals surface area contributed by atoms with Gasteiger partial charge in [0.2, 0.25) is 0 Å². The van der Waals surface area contributed by atoms with Gasteiger partial charge < -0.3 is 20.1 Å². The summed E-state index contributed by atoms with van der Waals surface area (Å²) in [5.41, 5.74) is 1.31. The number of hydrogen-bond donors (Lipinski definition) is 2. The number of carbonyl (C=O) groups is 1. The number of hydrogen-bond acceptors (Lipinski definition) is 4. The number of methoxy groups -OCH3 is 1. The van der Waals surface area contributed by atoms with E-state index in [9.17, 15) is 9.90 Å². The second-order valence-corrected chi connectivity index (χ2v) is 7.31. The Bertz CT molecular complexity index is 593. The Hall–Kier alpha value is -1.79. The number of aliphatic hydroxyl groups is 1. The molecule has 0 spiro atoms. The van der Waals surface area contributed by atoms with Crippen LogP contribution < -0.4 is 10.1 Å². The second-order valence-electron chi connectivity index (χ2n) is 7.31. The van der Waals surface area contributed by atoms with Crippen LogP contribution in [0.2, 0.25) is 0 Å². The third kappa shape index (κ3) is 4.44. The van der Waals surface area contributed by atoms with Crippen molar-refractivity contribution in [2.45, 2.75) is 31.3 Å². The topological polar surface area (TPSA) is 65.0 Å². The molecule has 1 saturated heterocycles. The maximum Gasteiger partial charge on any atom is 0.317 e. The lowest BCUT2D eigenvalue weighted by molar-refractivity contribution is 0.0896. The van der Waals surface area contributed by atoms with Gasteiger partial charge in [-0.05, 0) is 37.5 Å². The summed E-state index contributed by atoms with van der Waals surface area (Å²) in [6.45, 7) is 6.21. The van der Waals surface area contributed by atoms with E-state index in [-0.39, 0.29) is 17.6 Å². The van der Waals surface area contributed by atoms with Gasteiger partial charge in [0.1, 0.15) is 5.75 Å². The summed E-state index contributed by atoms with van der Waals surface area (Å²) >= 11 is 0. The largest absolute Gasteiger partial charge is 0.497 e. The summed E-state index contributed by atoms with van der Waals surface area (Å²) in [5, 5.41) is 12.6. The highest BCUT2D eigenvalue weighted by Crippen LogP contribution is 2.48. The smallest absolute Gasteiger partial charge is 0.317 e. The van der Waals surface area contributed by atoms with Crippen molar-refractivity contribution < 1.29 is 14.6 Å². The Morgan fingerprint density at radius 2 is 2.04 bits per heavy atom. The fourth-order valence-corrected chi connectivity index (χ4v) is 3.54. The molecule has 2 aliphatic rings. The molecule has 1 saturated carbocycles. The Labute approximate surface area is 149 Å². The molecule has 6 heteroatoms. The Morgan fingerprint density at radius 3 is 2.64 bits per heavy atom. The van der Waals surface area contributed by atoms with E-state index in [4.69, 9.17) is 4.74 Å². The zero-order valence-electron chi connectivity index (χ0n) is 15.2. The normalized spacial score (nSPS) is 20.8. The minimum Gasteiger partial charge on any atom is -0.497 e. The van der Waals surface area contributed by atoms with E-state index in [1.165, 1.54) is 5.56 Å². The van der Waals surface area contributed by atoms with Gasteiger partial charge in [-0.15, -0.1) is 0 Å². The number of carbonyl (C=O) groups excluding carboxylic acids is 1. The Kier molecular flexibility index (Phi) is 5.49. The molecule has 3 rings (SSSR count). The van der Waals surface area contributed by atoms with Crippen molar-refractivity contribution >= 4 is 6.03 Å². The molecule has 1 aliphatic heterocycles. The van der Waals surface area contributed by atoms with Crippen LogP contribution in [0, 0.1) is 0 Å². The van der Waals surface area contributed by atoms with Crippen LogP contribution in [-0.4, -0.2) is 73.4 Å². The number of β-amino-alcohol motifs (C(OH)–C–C–N with tert-alkyl or cyclic N) is 1. The number of aliphatic hydroxyl groups excluding tert-OH is 1. The van der Waals surface area contributed by atoms with Gasteiger partial charge in [0.05, 0.1) is 13.2 Å². The molecule has 1 aromatic carbocycles. The number of ether oxygens (including phenoxy) is 1. The van der Waals surface area contributed by atoms with Crippen LogP contribution >= 0.6 is 0 Å². The molecule has 25 heavy (non-hydrogen) atoms. The average molecular weight is 347 g/mol. The number of nitrogens with one attached hydrogen (secondary N) is 1. The van der Waals surface area contributed by atoms with Gasteiger partial charge in [0.15, 0.2) is 0 Å². The van der Waals surface area contributed by atoms with Crippen molar-refractivity contribution in [3.63, 3.8) is 0 Å². The van der Waals surface area contributed by atoms with E-state index in [1.807, 2.05) is 17.0 Å². The highest BCUT2D eigenvalue weighted by molar-refractivity contribution is 5.74. The van der Waals surface area contributed by atoms with E-state index in [2.05, 4.69) is 22.3 Å². The van der Waals surface area contributed by atoms with Crippen LogP contribution in [0.4, 0.5) is 4.79 Å². The number of urea groups is 1. The van der Waals surface area contributed by atoms with E-state index in [1.54, 1.807) is 14.0 Å². The molecule has 0 radical (unpaired) electrons. The van der Waals surface area contributed by atoms with Crippen LogP contribution in [-0.2, 0) is 5.41 Å². The number of piperazine rings is 1. The lowest BCUT2D eigenvalue weighted by atomic mass is 9.96. The molecule has 2 amide bonds. The lowest BCUT2D eigenvalue weighted by Crippen LogP contribution is -2.53. The van der Waals surface area contributed by atoms with Crippen LogP contribution in [0.1, 0.15) is 25.3 Å².